The van der Waals surface area contributed by atoms with Crippen LogP contribution in [0.15, 0.2) is 35.6 Å². The number of imidazole rings is 1. The Kier molecular flexibility index (Phi) is 7.20. The summed E-state index contributed by atoms with van der Waals surface area (Å²) in [4.78, 5) is 28.2. The molecule has 2 fully saturated rings. The number of fused-ring (bicyclic) bond motifs is 2. The molecule has 0 atom stereocenters. The van der Waals surface area contributed by atoms with E-state index in [0.29, 0.717) is 17.3 Å². The molecule has 3 aromatic heterocycles. The van der Waals surface area contributed by atoms with Crippen molar-refractivity contribution in [3.05, 3.63) is 41.2 Å². The van der Waals surface area contributed by atoms with E-state index >= 15 is 0 Å². The Morgan fingerprint density at radius 1 is 1.09 bits per heavy atom. The standard InChI is InChI=1S/C25H29N5O2S.C2H6/c31-13-16-8-10-29(11-9-16)25-21-22(26-14-27-24(21)32)23(33-25)17-6-7-20-19(12-17)28-15-30(20)18-4-2-1-3-5-18;1-2/h6-7,12,14-16,18,31H,1-5,8-11,13H2,(H,26,27,32);1-2H3. The number of benzene rings is 1. The van der Waals surface area contributed by atoms with Crippen molar-refractivity contribution in [2.24, 2.45) is 5.92 Å². The second kappa shape index (κ2) is 10.5. The fourth-order valence-electron chi connectivity index (χ4n) is 5.53. The smallest absolute Gasteiger partial charge is 0.261 e. The number of aromatic nitrogens is 4. The van der Waals surface area contributed by atoms with Crippen molar-refractivity contribution in [1.29, 1.82) is 0 Å². The fourth-order valence-corrected chi connectivity index (χ4v) is 6.82. The number of H-pyrrole nitrogens is 1. The summed E-state index contributed by atoms with van der Waals surface area (Å²) in [5.41, 5.74) is 3.90. The molecule has 1 aliphatic carbocycles. The molecule has 4 aromatic rings. The van der Waals surface area contributed by atoms with E-state index < -0.39 is 0 Å². The van der Waals surface area contributed by atoms with Gasteiger partial charge in [-0.25, -0.2) is 9.97 Å². The Morgan fingerprint density at radius 2 is 1.86 bits per heavy atom. The maximum atomic E-state index is 12.8. The second-order valence-electron chi connectivity index (χ2n) is 9.45. The van der Waals surface area contributed by atoms with Crippen LogP contribution in [0.25, 0.3) is 32.4 Å². The number of anilines is 1. The highest BCUT2D eigenvalue weighted by atomic mass is 32.1. The first-order valence-corrected chi connectivity index (χ1v) is 13.9. The Hall–Kier alpha value is -2.71. The molecular weight excluding hydrogens is 458 g/mol. The van der Waals surface area contributed by atoms with Crippen LogP contribution in [0.1, 0.15) is 64.8 Å². The minimum atomic E-state index is -0.0931. The molecular formula is C27H35N5O2S. The molecule has 0 bridgehead atoms. The average molecular weight is 494 g/mol. The molecule has 1 saturated carbocycles. The molecule has 1 aliphatic heterocycles. The molecule has 1 saturated heterocycles. The predicted octanol–water partition coefficient (Wildman–Crippen LogP) is 5.74. The quantitative estimate of drug-likeness (QED) is 0.378. The summed E-state index contributed by atoms with van der Waals surface area (Å²) in [6, 6.07) is 7.02. The van der Waals surface area contributed by atoms with Gasteiger partial charge in [-0.05, 0) is 49.3 Å². The highest BCUT2D eigenvalue weighted by Gasteiger charge is 2.26. The molecule has 1 aromatic carbocycles. The Balaban J connectivity index is 0.00000124. The van der Waals surface area contributed by atoms with Crippen molar-refractivity contribution in [1.82, 2.24) is 19.5 Å². The van der Waals surface area contributed by atoms with E-state index in [1.165, 1.54) is 43.9 Å². The molecule has 0 radical (unpaired) electrons. The van der Waals surface area contributed by atoms with Gasteiger partial charge in [0.15, 0.2) is 0 Å². The van der Waals surface area contributed by atoms with Gasteiger partial charge in [-0.3, -0.25) is 4.79 Å². The third kappa shape index (κ3) is 4.49. The van der Waals surface area contributed by atoms with Gasteiger partial charge in [0.25, 0.3) is 5.56 Å². The van der Waals surface area contributed by atoms with Gasteiger partial charge in [0.2, 0.25) is 0 Å². The average Bonchev–Trinajstić information content (AvgIpc) is 3.53. The van der Waals surface area contributed by atoms with E-state index in [2.05, 4.69) is 37.6 Å². The maximum Gasteiger partial charge on any atom is 0.261 e. The van der Waals surface area contributed by atoms with Gasteiger partial charge in [-0.15, -0.1) is 11.3 Å². The molecule has 0 amide bonds. The molecule has 2 aliphatic rings. The number of aliphatic hydroxyl groups is 1. The van der Waals surface area contributed by atoms with E-state index in [9.17, 15) is 9.90 Å². The monoisotopic (exact) mass is 493 g/mol. The first-order valence-electron chi connectivity index (χ1n) is 13.1. The van der Waals surface area contributed by atoms with Crippen LogP contribution in [-0.4, -0.2) is 44.3 Å². The Labute approximate surface area is 209 Å². The fraction of sp³-hybridized carbons (Fsp3) is 0.519. The van der Waals surface area contributed by atoms with Gasteiger partial charge in [-0.1, -0.05) is 39.2 Å². The lowest BCUT2D eigenvalue weighted by molar-refractivity contribution is 0.203. The third-order valence-electron chi connectivity index (χ3n) is 7.45. The van der Waals surface area contributed by atoms with Crippen molar-refractivity contribution >= 4 is 38.3 Å². The molecule has 0 unspecified atom stereocenters. The summed E-state index contributed by atoms with van der Waals surface area (Å²) in [5, 5.41) is 11.2. The zero-order valence-electron chi connectivity index (χ0n) is 20.7. The topological polar surface area (TPSA) is 87.0 Å². The largest absolute Gasteiger partial charge is 0.396 e. The number of rotatable bonds is 4. The summed E-state index contributed by atoms with van der Waals surface area (Å²) in [5.74, 6) is 0.352. The highest BCUT2D eigenvalue weighted by molar-refractivity contribution is 7.21. The normalized spacial score (nSPS) is 17.6. The lowest BCUT2D eigenvalue weighted by atomic mass is 9.95. The molecule has 6 rings (SSSR count). The molecule has 35 heavy (non-hydrogen) atoms. The minimum Gasteiger partial charge on any atom is -0.396 e. The molecule has 8 heteroatoms. The number of nitrogens with one attached hydrogen (secondary N) is 1. The molecule has 2 N–H and O–H groups in total. The number of hydrogen-bond donors (Lipinski definition) is 2. The van der Waals surface area contributed by atoms with Gasteiger partial charge in [0.05, 0.1) is 34.1 Å². The highest BCUT2D eigenvalue weighted by Crippen LogP contribution is 2.43. The van der Waals surface area contributed by atoms with Gasteiger partial charge in [0, 0.05) is 25.7 Å². The lowest BCUT2D eigenvalue weighted by Crippen LogP contribution is -2.34. The predicted molar refractivity (Wildman–Crippen MR) is 144 cm³/mol. The molecule has 4 heterocycles. The van der Waals surface area contributed by atoms with E-state index in [-0.39, 0.29) is 12.2 Å². The van der Waals surface area contributed by atoms with E-state index in [1.54, 1.807) is 11.3 Å². The second-order valence-corrected chi connectivity index (χ2v) is 10.5. The van der Waals surface area contributed by atoms with Crippen LogP contribution in [0.3, 0.4) is 0 Å². The van der Waals surface area contributed by atoms with E-state index in [0.717, 1.165) is 52.4 Å². The van der Waals surface area contributed by atoms with Crippen LogP contribution in [0.4, 0.5) is 5.00 Å². The zero-order chi connectivity index (χ0) is 24.4. The third-order valence-corrected chi connectivity index (χ3v) is 8.73. The lowest BCUT2D eigenvalue weighted by Gasteiger charge is -2.31. The summed E-state index contributed by atoms with van der Waals surface area (Å²) >= 11 is 1.65. The number of aliphatic hydroxyl groups excluding tert-OH is 1. The van der Waals surface area contributed by atoms with Crippen LogP contribution in [0.5, 0.6) is 0 Å². The van der Waals surface area contributed by atoms with Gasteiger partial charge in [-0.2, -0.15) is 0 Å². The van der Waals surface area contributed by atoms with E-state index in [4.69, 9.17) is 4.98 Å². The zero-order valence-corrected chi connectivity index (χ0v) is 21.5. The first kappa shape index (κ1) is 24.0. The molecule has 186 valence electrons. The summed E-state index contributed by atoms with van der Waals surface area (Å²) < 4.78 is 2.35. The van der Waals surface area contributed by atoms with Crippen LogP contribution in [0, 0.1) is 5.92 Å². The number of hydrogen-bond acceptors (Lipinski definition) is 6. The van der Waals surface area contributed by atoms with E-state index in [1.807, 2.05) is 20.2 Å². The summed E-state index contributed by atoms with van der Waals surface area (Å²) in [7, 11) is 0. The van der Waals surface area contributed by atoms with Gasteiger partial charge in [0.1, 0.15) is 10.4 Å². The van der Waals surface area contributed by atoms with Gasteiger partial charge < -0.3 is 19.6 Å². The van der Waals surface area contributed by atoms with Crippen molar-refractivity contribution in [3.63, 3.8) is 0 Å². The number of nitrogens with zero attached hydrogens (tertiary/aromatic N) is 4. The summed E-state index contributed by atoms with van der Waals surface area (Å²) in [6.45, 7) is 5.93. The number of piperidine rings is 1. The Morgan fingerprint density at radius 3 is 2.60 bits per heavy atom. The van der Waals surface area contributed by atoms with Crippen molar-refractivity contribution in [3.8, 4) is 10.4 Å². The van der Waals surface area contributed by atoms with Crippen molar-refractivity contribution in [2.45, 2.75) is 64.8 Å². The van der Waals surface area contributed by atoms with Crippen LogP contribution in [-0.2, 0) is 0 Å². The number of aromatic amines is 1. The van der Waals surface area contributed by atoms with Gasteiger partial charge >= 0.3 is 0 Å². The van der Waals surface area contributed by atoms with Crippen LogP contribution < -0.4 is 10.5 Å². The van der Waals surface area contributed by atoms with Crippen molar-refractivity contribution < 1.29 is 5.11 Å². The van der Waals surface area contributed by atoms with Crippen LogP contribution in [0.2, 0.25) is 0 Å². The Bertz CT molecular complexity index is 1340. The first-order chi connectivity index (χ1) is 17.2. The summed E-state index contributed by atoms with van der Waals surface area (Å²) in [6.07, 6.45) is 11.8. The molecule has 0 spiro atoms. The number of thiophene rings is 1. The SMILES string of the molecule is CC.O=c1[nH]cnc2c(-c3ccc4c(c3)ncn4C3CCCCC3)sc(N3CCC(CO)CC3)c12. The molecule has 7 nitrogen and oxygen atoms in total. The minimum absolute atomic E-state index is 0.0931. The van der Waals surface area contributed by atoms with Crippen molar-refractivity contribution in [2.75, 3.05) is 24.6 Å². The van der Waals surface area contributed by atoms with Crippen LogP contribution >= 0.6 is 11.3 Å². The maximum absolute atomic E-state index is 12.8.